The molecule has 0 spiro atoms. The first-order valence-electron chi connectivity index (χ1n) is 14.0. The van der Waals surface area contributed by atoms with Crippen molar-refractivity contribution in [3.8, 4) is 28.6 Å². The Hall–Kier alpha value is -4.38. The highest BCUT2D eigenvalue weighted by molar-refractivity contribution is 7.99. The summed E-state index contributed by atoms with van der Waals surface area (Å²) in [5.41, 5.74) is 0.940. The Bertz CT molecular complexity index is 1920. The smallest absolute Gasteiger partial charge is 0.309 e. The molecule has 228 valence electrons. The predicted octanol–water partition coefficient (Wildman–Crippen LogP) is 8.23. The average Bonchev–Trinajstić information content (AvgIpc) is 3.69. The molecule has 0 saturated carbocycles. The van der Waals surface area contributed by atoms with E-state index < -0.39 is 34.3 Å². The summed E-state index contributed by atoms with van der Waals surface area (Å²) in [6, 6.07) is 11.3. The van der Waals surface area contributed by atoms with Crippen LogP contribution in [0.25, 0.3) is 22.3 Å². The summed E-state index contributed by atoms with van der Waals surface area (Å²) in [6.07, 6.45) is 5.79. The minimum Gasteiger partial charge on any atom is -0.493 e. The Labute approximate surface area is 255 Å². The van der Waals surface area contributed by atoms with E-state index in [0.717, 1.165) is 11.1 Å². The molecule has 11 heteroatoms. The summed E-state index contributed by atoms with van der Waals surface area (Å²) in [6.45, 7) is 5.78. The number of carboxylic acids is 1. The third-order valence-corrected chi connectivity index (χ3v) is 9.16. The third kappa shape index (κ3) is 4.89. The maximum atomic E-state index is 15.2. The maximum Gasteiger partial charge on any atom is 0.309 e. The van der Waals surface area contributed by atoms with Crippen molar-refractivity contribution < 1.29 is 32.5 Å². The zero-order valence-electron chi connectivity index (χ0n) is 24.5. The molecule has 6 rings (SSSR count). The number of aromatic amines is 2. The second kappa shape index (κ2) is 11.0. The second-order valence-corrected chi connectivity index (χ2v) is 12.6. The van der Waals surface area contributed by atoms with Gasteiger partial charge in [-0.1, -0.05) is 18.2 Å². The number of nitrogens with one attached hydrogen (secondary N) is 2. The van der Waals surface area contributed by atoms with E-state index in [0.29, 0.717) is 34.8 Å². The Morgan fingerprint density at radius 2 is 1.98 bits per heavy atom. The zero-order chi connectivity index (χ0) is 31.4. The molecule has 0 saturated heterocycles. The maximum absolute atomic E-state index is 15.2. The van der Waals surface area contributed by atoms with E-state index >= 15 is 8.78 Å². The number of thioether (sulfide) groups is 1. The van der Waals surface area contributed by atoms with Crippen LogP contribution in [0.1, 0.15) is 44.0 Å². The number of hydrogen-bond acceptors (Lipinski definition) is 5. The Morgan fingerprint density at radius 1 is 1.18 bits per heavy atom. The average molecular weight is 622 g/mol. The molecule has 0 amide bonds. The molecule has 0 aliphatic carbocycles. The molecule has 1 aliphatic rings. The van der Waals surface area contributed by atoms with E-state index in [1.54, 1.807) is 32.4 Å². The SMILES string of the molecule is CSc1c(Oc2ccc(F)c(-c3ncc([C@@]4(C)CCOc5c(CC(C)(C)C(=O)O)cccc54)[nH]3)c2)c(F)c(F)c2[nH]ccc12. The number of fused-ring (bicyclic) bond motifs is 2. The van der Waals surface area contributed by atoms with Gasteiger partial charge in [0.1, 0.15) is 23.1 Å². The van der Waals surface area contributed by atoms with Crippen molar-refractivity contribution in [3.63, 3.8) is 0 Å². The van der Waals surface area contributed by atoms with Crippen LogP contribution in [0.2, 0.25) is 0 Å². The van der Waals surface area contributed by atoms with Gasteiger partial charge in [0.25, 0.3) is 0 Å². The van der Waals surface area contributed by atoms with E-state index in [4.69, 9.17) is 9.47 Å². The Kier molecular flexibility index (Phi) is 7.39. The van der Waals surface area contributed by atoms with Crippen LogP contribution in [-0.4, -0.2) is 38.9 Å². The van der Waals surface area contributed by atoms with Crippen LogP contribution < -0.4 is 9.47 Å². The van der Waals surface area contributed by atoms with E-state index in [-0.39, 0.29) is 34.8 Å². The number of rotatable bonds is 8. The van der Waals surface area contributed by atoms with Crippen LogP contribution >= 0.6 is 11.8 Å². The summed E-state index contributed by atoms with van der Waals surface area (Å²) < 4.78 is 57.0. The van der Waals surface area contributed by atoms with Gasteiger partial charge in [-0.3, -0.25) is 4.79 Å². The third-order valence-electron chi connectivity index (χ3n) is 8.35. The first kappa shape index (κ1) is 29.7. The van der Waals surface area contributed by atoms with Gasteiger partial charge in [-0.15, -0.1) is 11.8 Å². The second-order valence-electron chi connectivity index (χ2n) is 11.7. The first-order valence-corrected chi connectivity index (χ1v) is 15.2. The van der Waals surface area contributed by atoms with Gasteiger partial charge >= 0.3 is 5.97 Å². The van der Waals surface area contributed by atoms with E-state index in [1.165, 1.54) is 36.2 Å². The minimum atomic E-state index is -1.15. The number of nitrogens with zero attached hydrogens (tertiary/aromatic N) is 1. The number of aliphatic carboxylic acids is 1. The first-order chi connectivity index (χ1) is 20.9. The fourth-order valence-corrected chi connectivity index (χ4v) is 6.43. The van der Waals surface area contributed by atoms with Crippen molar-refractivity contribution in [2.75, 3.05) is 12.9 Å². The lowest BCUT2D eigenvalue weighted by Gasteiger charge is -2.36. The molecule has 0 radical (unpaired) electrons. The monoisotopic (exact) mass is 621 g/mol. The lowest BCUT2D eigenvalue weighted by molar-refractivity contribution is -0.146. The molecule has 1 aliphatic heterocycles. The summed E-state index contributed by atoms with van der Waals surface area (Å²) in [7, 11) is 0. The van der Waals surface area contributed by atoms with Crippen molar-refractivity contribution in [3.05, 3.63) is 89.1 Å². The fraction of sp³-hybridized carbons (Fsp3) is 0.273. The lowest BCUT2D eigenvalue weighted by atomic mass is 9.73. The van der Waals surface area contributed by atoms with Crippen molar-refractivity contribution in [1.29, 1.82) is 0 Å². The molecule has 5 aromatic rings. The predicted molar refractivity (Wildman–Crippen MR) is 162 cm³/mol. The van der Waals surface area contributed by atoms with Crippen LogP contribution in [-0.2, 0) is 16.6 Å². The number of carbonyl (C=O) groups is 1. The standard InChI is InChI=1S/C33H30F3N3O4S/c1-32(2,31(40)41)15-17-6-5-7-21-27(17)42-13-11-33(21,3)23-16-38-30(39-23)20-14-18(8-9-22(20)34)43-28-25(36)24(35)26-19(10-12-37-26)29(28)44-4/h5-10,12,14,16,37H,11,13,15H2,1-4H3,(H,38,39)(H,40,41)/t33-/m0/s1. The number of imidazole rings is 1. The van der Waals surface area contributed by atoms with Gasteiger partial charge in [-0.25, -0.2) is 13.8 Å². The number of aromatic nitrogens is 3. The van der Waals surface area contributed by atoms with Crippen LogP contribution in [0.5, 0.6) is 17.2 Å². The van der Waals surface area contributed by atoms with Crippen molar-refractivity contribution in [2.24, 2.45) is 5.41 Å². The zero-order valence-corrected chi connectivity index (χ0v) is 25.3. The highest BCUT2D eigenvalue weighted by Crippen LogP contribution is 2.46. The highest BCUT2D eigenvalue weighted by atomic mass is 32.2. The van der Waals surface area contributed by atoms with Gasteiger partial charge in [0.15, 0.2) is 11.6 Å². The summed E-state index contributed by atoms with van der Waals surface area (Å²) in [4.78, 5) is 22.7. The van der Waals surface area contributed by atoms with Crippen molar-refractivity contribution in [1.82, 2.24) is 15.0 Å². The topological polar surface area (TPSA) is 100 Å². The van der Waals surface area contributed by atoms with E-state index in [1.807, 2.05) is 25.1 Å². The molecule has 3 heterocycles. The van der Waals surface area contributed by atoms with Crippen LogP contribution in [0, 0.1) is 22.9 Å². The molecule has 3 N–H and O–H groups in total. The van der Waals surface area contributed by atoms with E-state index in [2.05, 4.69) is 15.0 Å². The normalized spacial score (nSPS) is 16.5. The number of benzene rings is 3. The number of hydrogen-bond donors (Lipinski definition) is 3. The number of ether oxygens (including phenoxy) is 2. The van der Waals surface area contributed by atoms with Gasteiger partial charge < -0.3 is 24.5 Å². The van der Waals surface area contributed by atoms with Gasteiger partial charge in [-0.2, -0.15) is 4.39 Å². The number of halogens is 3. The molecular weight excluding hydrogens is 591 g/mol. The van der Waals surface area contributed by atoms with Crippen LogP contribution in [0.15, 0.2) is 59.8 Å². The summed E-state index contributed by atoms with van der Waals surface area (Å²) in [5.74, 6) is -2.98. The minimum absolute atomic E-state index is 0.0445. The quantitative estimate of drug-likeness (QED) is 0.151. The number of carboxylic acid groups (broad SMARTS) is 1. The molecule has 7 nitrogen and oxygen atoms in total. The van der Waals surface area contributed by atoms with Crippen LogP contribution in [0.4, 0.5) is 13.2 Å². The number of para-hydroxylation sites is 1. The van der Waals surface area contributed by atoms with Crippen molar-refractivity contribution >= 4 is 28.6 Å². The molecular formula is C33H30F3N3O4S. The van der Waals surface area contributed by atoms with Crippen LogP contribution in [0.3, 0.4) is 0 Å². The summed E-state index contributed by atoms with van der Waals surface area (Å²) in [5, 5.41) is 10.2. The fourth-order valence-electron chi connectivity index (χ4n) is 5.72. The number of H-pyrrole nitrogens is 2. The highest BCUT2D eigenvalue weighted by Gasteiger charge is 2.39. The van der Waals surface area contributed by atoms with Gasteiger partial charge in [-0.05, 0) is 69.7 Å². The lowest BCUT2D eigenvalue weighted by Crippen LogP contribution is -2.33. The molecule has 0 unspecified atom stereocenters. The Morgan fingerprint density at radius 3 is 2.73 bits per heavy atom. The molecule has 0 fully saturated rings. The Balaban J connectivity index is 1.35. The largest absolute Gasteiger partial charge is 0.493 e. The van der Waals surface area contributed by atoms with Crippen molar-refractivity contribution in [2.45, 2.75) is 43.9 Å². The van der Waals surface area contributed by atoms with Gasteiger partial charge in [0.05, 0.1) is 28.0 Å². The summed E-state index contributed by atoms with van der Waals surface area (Å²) >= 11 is 1.21. The molecule has 1 atom stereocenters. The van der Waals surface area contributed by atoms with Gasteiger partial charge in [0.2, 0.25) is 5.82 Å². The molecule has 44 heavy (non-hydrogen) atoms. The van der Waals surface area contributed by atoms with E-state index in [9.17, 15) is 14.3 Å². The van der Waals surface area contributed by atoms with Gasteiger partial charge in [0, 0.05) is 34.5 Å². The molecule has 2 aromatic heterocycles. The molecule has 3 aromatic carbocycles. The molecule has 0 bridgehead atoms.